The number of hydrogen-bond acceptors (Lipinski definition) is 4. The number of hydrogen-bond donors (Lipinski definition) is 2. The maximum Gasteiger partial charge on any atom is 0.307 e. The Hall–Kier alpha value is -2.11. The van der Waals surface area contributed by atoms with Crippen LogP contribution < -0.4 is 11.1 Å². The number of nitrogens with two attached hydrogens (primary N) is 1. The highest BCUT2D eigenvalue weighted by Crippen LogP contribution is 2.17. The molecule has 1 rings (SSSR count). The van der Waals surface area contributed by atoms with Gasteiger partial charge in [0.15, 0.2) is 0 Å². The molecule has 0 spiro atoms. The predicted molar refractivity (Wildman–Crippen MR) is 64.5 cm³/mol. The summed E-state index contributed by atoms with van der Waals surface area (Å²) in [5, 5.41) is 2.48. The molecule has 0 aromatic heterocycles. The first kappa shape index (κ1) is 14.0. The highest BCUT2D eigenvalue weighted by atomic mass is 19.1. The summed E-state index contributed by atoms with van der Waals surface area (Å²) >= 11 is 0. The van der Waals surface area contributed by atoms with Gasteiger partial charge in [-0.1, -0.05) is 0 Å². The van der Waals surface area contributed by atoms with Gasteiger partial charge in [-0.05, 0) is 19.1 Å². The number of halogens is 1. The molecule has 0 fully saturated rings. The zero-order valence-electron chi connectivity index (χ0n) is 10.2. The summed E-state index contributed by atoms with van der Waals surface area (Å²) in [5.41, 5.74) is 6.21. The molecule has 3 N–H and O–H groups in total. The van der Waals surface area contributed by atoms with Gasteiger partial charge < -0.3 is 15.8 Å². The van der Waals surface area contributed by atoms with Crippen LogP contribution in [0.2, 0.25) is 0 Å². The smallest absolute Gasteiger partial charge is 0.307 e. The van der Waals surface area contributed by atoms with Crippen LogP contribution in [0.1, 0.15) is 22.3 Å². The summed E-state index contributed by atoms with van der Waals surface area (Å²) in [5.74, 6) is -1.44. The molecule has 0 heterocycles. The molecule has 6 heteroatoms. The molecule has 98 valence electrons. The maximum absolute atomic E-state index is 13.4. The summed E-state index contributed by atoms with van der Waals surface area (Å²) in [4.78, 5) is 22.5. The Labute approximate surface area is 104 Å². The molecule has 0 saturated heterocycles. The highest BCUT2D eigenvalue weighted by Gasteiger charge is 2.11. The van der Waals surface area contributed by atoms with E-state index in [2.05, 4.69) is 10.1 Å². The quantitative estimate of drug-likeness (QED) is 0.620. The van der Waals surface area contributed by atoms with E-state index in [1.807, 2.05) is 0 Å². The van der Waals surface area contributed by atoms with Gasteiger partial charge in [0, 0.05) is 23.4 Å². The van der Waals surface area contributed by atoms with Crippen molar-refractivity contribution in [1.29, 1.82) is 0 Å². The molecular formula is C12H15FN2O3. The van der Waals surface area contributed by atoms with Gasteiger partial charge in [-0.2, -0.15) is 0 Å². The van der Waals surface area contributed by atoms with Gasteiger partial charge in [0.25, 0.3) is 5.91 Å². The van der Waals surface area contributed by atoms with Crippen molar-refractivity contribution in [1.82, 2.24) is 5.32 Å². The van der Waals surface area contributed by atoms with Crippen LogP contribution in [-0.2, 0) is 9.53 Å². The minimum absolute atomic E-state index is 0.0616. The first-order valence-electron chi connectivity index (χ1n) is 5.36. The van der Waals surface area contributed by atoms with Gasteiger partial charge in [-0.25, -0.2) is 4.39 Å². The van der Waals surface area contributed by atoms with Crippen LogP contribution in [0.5, 0.6) is 0 Å². The van der Waals surface area contributed by atoms with Gasteiger partial charge in [-0.15, -0.1) is 0 Å². The van der Waals surface area contributed by atoms with Crippen molar-refractivity contribution in [2.75, 3.05) is 19.4 Å². The average Bonchev–Trinajstić information content (AvgIpc) is 2.34. The first-order valence-corrected chi connectivity index (χ1v) is 5.36. The van der Waals surface area contributed by atoms with Gasteiger partial charge in [0.05, 0.1) is 13.5 Å². The fraction of sp³-hybridized carbons (Fsp3) is 0.333. The first-order chi connectivity index (χ1) is 8.45. The lowest BCUT2D eigenvalue weighted by molar-refractivity contribution is -0.140. The van der Waals surface area contributed by atoms with E-state index >= 15 is 0 Å². The number of esters is 1. The molecule has 1 aromatic rings. The Morgan fingerprint density at radius 1 is 1.44 bits per heavy atom. The van der Waals surface area contributed by atoms with Gasteiger partial charge in [-0.3, -0.25) is 9.59 Å². The minimum Gasteiger partial charge on any atom is -0.469 e. The van der Waals surface area contributed by atoms with Crippen molar-refractivity contribution in [3.05, 3.63) is 29.1 Å². The van der Waals surface area contributed by atoms with Crippen molar-refractivity contribution >= 4 is 17.6 Å². The Balaban J connectivity index is 2.65. The number of benzene rings is 1. The third-order valence-electron chi connectivity index (χ3n) is 2.49. The molecule has 1 amide bonds. The monoisotopic (exact) mass is 254 g/mol. The Morgan fingerprint density at radius 2 is 2.11 bits per heavy atom. The number of amides is 1. The highest BCUT2D eigenvalue weighted by molar-refractivity contribution is 5.95. The maximum atomic E-state index is 13.4. The minimum atomic E-state index is -0.534. The number of nitrogen functional groups attached to an aromatic ring is 1. The standard InChI is InChI=1S/C12H15FN2O3/c1-7-9(13)5-8(6-10(7)14)12(17)15-4-3-11(16)18-2/h5-6H,3-4,14H2,1-2H3,(H,15,17). The van der Waals surface area contributed by atoms with Crippen LogP contribution in [0.25, 0.3) is 0 Å². The molecule has 18 heavy (non-hydrogen) atoms. The Morgan fingerprint density at radius 3 is 2.67 bits per heavy atom. The summed E-state index contributed by atoms with van der Waals surface area (Å²) in [6.45, 7) is 1.66. The molecule has 0 aliphatic carbocycles. The number of ether oxygens (including phenoxy) is 1. The number of nitrogens with one attached hydrogen (secondary N) is 1. The lowest BCUT2D eigenvalue weighted by Crippen LogP contribution is -2.26. The van der Waals surface area contributed by atoms with E-state index in [4.69, 9.17) is 5.73 Å². The molecule has 0 atom stereocenters. The third kappa shape index (κ3) is 3.44. The van der Waals surface area contributed by atoms with E-state index < -0.39 is 17.7 Å². The van der Waals surface area contributed by atoms with Crippen molar-refractivity contribution in [2.45, 2.75) is 13.3 Å². The second-order valence-electron chi connectivity index (χ2n) is 3.75. The number of carbonyl (C=O) groups is 2. The van der Waals surface area contributed by atoms with Crippen LogP contribution in [0.15, 0.2) is 12.1 Å². The SMILES string of the molecule is COC(=O)CCNC(=O)c1cc(N)c(C)c(F)c1. The van der Waals surface area contributed by atoms with Gasteiger partial charge in [0.2, 0.25) is 0 Å². The largest absolute Gasteiger partial charge is 0.469 e. The van der Waals surface area contributed by atoms with Gasteiger partial charge >= 0.3 is 5.97 Å². The van der Waals surface area contributed by atoms with Crippen molar-refractivity contribution in [3.8, 4) is 0 Å². The number of rotatable bonds is 4. The summed E-state index contributed by atoms with van der Waals surface area (Å²) in [6, 6.07) is 2.51. The van der Waals surface area contributed by atoms with Crippen molar-refractivity contribution < 1.29 is 18.7 Å². The molecule has 0 aliphatic heterocycles. The van der Waals surface area contributed by atoms with Crippen LogP contribution in [0.3, 0.4) is 0 Å². The number of methoxy groups -OCH3 is 1. The molecular weight excluding hydrogens is 239 g/mol. The van der Waals surface area contributed by atoms with Crippen LogP contribution in [0, 0.1) is 12.7 Å². The van der Waals surface area contributed by atoms with E-state index in [0.717, 1.165) is 6.07 Å². The fourth-order valence-corrected chi connectivity index (χ4v) is 1.31. The van der Waals surface area contributed by atoms with E-state index in [1.165, 1.54) is 20.1 Å². The van der Waals surface area contributed by atoms with E-state index in [-0.39, 0.29) is 24.2 Å². The van der Waals surface area contributed by atoms with Crippen molar-refractivity contribution in [2.24, 2.45) is 0 Å². The lowest BCUT2D eigenvalue weighted by atomic mass is 10.1. The third-order valence-corrected chi connectivity index (χ3v) is 2.49. The molecule has 1 aromatic carbocycles. The molecule has 0 bridgehead atoms. The predicted octanol–water partition coefficient (Wildman–Crippen LogP) is 1.01. The molecule has 0 radical (unpaired) electrons. The van der Waals surface area contributed by atoms with Crippen LogP contribution >= 0.6 is 0 Å². The summed E-state index contributed by atoms with van der Waals surface area (Å²) in [7, 11) is 1.26. The zero-order chi connectivity index (χ0) is 13.7. The van der Waals surface area contributed by atoms with E-state index in [0.29, 0.717) is 5.56 Å². The normalized spacial score (nSPS) is 9.94. The average molecular weight is 254 g/mol. The number of carbonyl (C=O) groups excluding carboxylic acids is 2. The van der Waals surface area contributed by atoms with Crippen molar-refractivity contribution in [3.63, 3.8) is 0 Å². The second kappa shape index (κ2) is 6.00. The van der Waals surface area contributed by atoms with Gasteiger partial charge in [0.1, 0.15) is 5.82 Å². The Bertz CT molecular complexity index is 451. The summed E-state index contributed by atoms with van der Waals surface area (Å²) < 4.78 is 17.8. The van der Waals surface area contributed by atoms with E-state index in [9.17, 15) is 14.0 Å². The van der Waals surface area contributed by atoms with Crippen LogP contribution in [-0.4, -0.2) is 25.5 Å². The molecule has 5 nitrogen and oxygen atoms in total. The molecule has 0 aliphatic rings. The van der Waals surface area contributed by atoms with Crippen LogP contribution in [0.4, 0.5) is 10.1 Å². The zero-order valence-corrected chi connectivity index (χ0v) is 10.2. The fourth-order valence-electron chi connectivity index (χ4n) is 1.31. The number of anilines is 1. The lowest BCUT2D eigenvalue weighted by Gasteiger charge is -2.07. The Kier molecular flexibility index (Phi) is 4.65. The molecule has 0 unspecified atom stereocenters. The topological polar surface area (TPSA) is 81.4 Å². The second-order valence-corrected chi connectivity index (χ2v) is 3.75. The molecule has 0 saturated carbocycles. The summed E-state index contributed by atoms with van der Waals surface area (Å²) in [6.07, 6.45) is 0.0616. The van der Waals surface area contributed by atoms with E-state index in [1.54, 1.807) is 0 Å².